The molecule has 2 aromatic heterocycles. The number of rotatable bonds is 6. The van der Waals surface area contributed by atoms with Crippen molar-refractivity contribution < 1.29 is 4.79 Å². The van der Waals surface area contributed by atoms with E-state index < -0.39 is 0 Å². The fraction of sp³-hybridized carbons (Fsp3) is 0.462. The van der Waals surface area contributed by atoms with E-state index >= 15 is 0 Å². The van der Waals surface area contributed by atoms with Gasteiger partial charge < -0.3 is 20.4 Å². The summed E-state index contributed by atoms with van der Waals surface area (Å²) < 4.78 is 1.55. The van der Waals surface area contributed by atoms with Crippen LogP contribution in [-0.2, 0) is 13.0 Å². The lowest BCUT2D eigenvalue weighted by molar-refractivity contribution is 0.0782. The molecular weight excluding hydrogens is 440 g/mol. The monoisotopic (exact) mass is 474 g/mol. The highest BCUT2D eigenvalue weighted by Crippen LogP contribution is 2.29. The van der Waals surface area contributed by atoms with Crippen molar-refractivity contribution in [3.05, 3.63) is 53.0 Å². The maximum absolute atomic E-state index is 13.0. The number of nitrogens with zero attached hydrogens (tertiary/aromatic N) is 7. The number of hydrogen-bond donors (Lipinski definition) is 1. The first kappa shape index (κ1) is 23.4. The van der Waals surface area contributed by atoms with Crippen LogP contribution < -0.4 is 5.73 Å². The minimum atomic E-state index is -0.0624. The fourth-order valence-electron chi connectivity index (χ4n) is 5.07. The summed E-state index contributed by atoms with van der Waals surface area (Å²) in [6.07, 6.45) is 8.51. The van der Waals surface area contributed by atoms with E-state index in [4.69, 9.17) is 10.7 Å². The van der Waals surface area contributed by atoms with Crippen LogP contribution in [0.1, 0.15) is 39.9 Å². The highest BCUT2D eigenvalue weighted by Gasteiger charge is 2.20. The van der Waals surface area contributed by atoms with Crippen LogP contribution in [0.5, 0.6) is 0 Å². The van der Waals surface area contributed by atoms with Gasteiger partial charge in [0.25, 0.3) is 5.91 Å². The summed E-state index contributed by atoms with van der Waals surface area (Å²) in [6.45, 7) is 7.98. The highest BCUT2D eigenvalue weighted by molar-refractivity contribution is 5.93. The van der Waals surface area contributed by atoms with Gasteiger partial charge in [0, 0.05) is 45.0 Å². The molecule has 2 aliphatic rings. The van der Waals surface area contributed by atoms with Crippen LogP contribution in [0.2, 0.25) is 0 Å². The zero-order chi connectivity index (χ0) is 24.5. The predicted molar refractivity (Wildman–Crippen MR) is 136 cm³/mol. The van der Waals surface area contributed by atoms with Crippen molar-refractivity contribution in [2.75, 3.05) is 52.6 Å². The fourth-order valence-corrected chi connectivity index (χ4v) is 5.07. The Morgan fingerprint density at radius 1 is 1.17 bits per heavy atom. The number of likely N-dealkylation sites (N-methyl/N-ethyl adjacent to an activating group) is 2. The number of carbonyl (C=O) groups is 1. The molecule has 9 nitrogen and oxygen atoms in total. The number of nitrogens with two attached hydrogens (primary N) is 1. The van der Waals surface area contributed by atoms with Gasteiger partial charge in [-0.1, -0.05) is 0 Å². The molecular formula is C26H34N8O. The molecule has 0 aliphatic carbocycles. The van der Waals surface area contributed by atoms with E-state index in [-0.39, 0.29) is 11.7 Å². The Morgan fingerprint density at radius 2 is 1.97 bits per heavy atom. The second-order valence-electron chi connectivity index (χ2n) is 9.83. The molecule has 2 aliphatic heterocycles. The average Bonchev–Trinajstić information content (AvgIpc) is 3.54. The Labute approximate surface area is 206 Å². The zero-order valence-electron chi connectivity index (χ0n) is 20.9. The summed E-state index contributed by atoms with van der Waals surface area (Å²) in [4.78, 5) is 28.6. The third-order valence-corrected chi connectivity index (χ3v) is 7.17. The minimum absolute atomic E-state index is 0.0624. The summed E-state index contributed by atoms with van der Waals surface area (Å²) in [5.41, 5.74) is 12.5. The highest BCUT2D eigenvalue weighted by atomic mass is 16.2. The molecule has 3 aromatic rings. The summed E-state index contributed by atoms with van der Waals surface area (Å²) >= 11 is 0. The molecule has 9 heteroatoms. The van der Waals surface area contributed by atoms with Gasteiger partial charge in [-0.25, -0.2) is 14.6 Å². The number of aromatic nitrogens is 4. The van der Waals surface area contributed by atoms with Gasteiger partial charge in [-0.05, 0) is 75.1 Å². The Hall–Kier alpha value is -3.30. The smallest absolute Gasteiger partial charge is 0.256 e. The molecule has 1 saturated heterocycles. The molecule has 1 amide bonds. The third kappa shape index (κ3) is 4.92. The van der Waals surface area contributed by atoms with Crippen molar-refractivity contribution in [2.24, 2.45) is 0 Å². The summed E-state index contributed by atoms with van der Waals surface area (Å²) in [6, 6.07) is 4.37. The molecule has 0 unspecified atom stereocenters. The van der Waals surface area contributed by atoms with Crippen LogP contribution in [0, 0.1) is 6.92 Å². The quantitative estimate of drug-likeness (QED) is 0.586. The van der Waals surface area contributed by atoms with Gasteiger partial charge in [0.1, 0.15) is 0 Å². The van der Waals surface area contributed by atoms with Gasteiger partial charge in [0.15, 0.2) is 11.6 Å². The van der Waals surface area contributed by atoms with Crippen molar-refractivity contribution in [3.8, 4) is 17.1 Å². The number of nitrogen functional groups attached to an aromatic ring is 1. The molecule has 0 saturated carbocycles. The lowest BCUT2D eigenvalue weighted by atomic mass is 9.92. The molecule has 5 rings (SSSR count). The van der Waals surface area contributed by atoms with Crippen molar-refractivity contribution in [3.63, 3.8) is 0 Å². The van der Waals surface area contributed by atoms with Gasteiger partial charge >= 0.3 is 0 Å². The minimum Gasteiger partial charge on any atom is -0.381 e. The summed E-state index contributed by atoms with van der Waals surface area (Å²) in [7, 11) is 3.98. The largest absolute Gasteiger partial charge is 0.381 e. The van der Waals surface area contributed by atoms with Crippen LogP contribution in [0.4, 0.5) is 5.82 Å². The van der Waals surface area contributed by atoms with Crippen molar-refractivity contribution in [1.82, 2.24) is 34.4 Å². The van der Waals surface area contributed by atoms with Crippen molar-refractivity contribution >= 4 is 11.7 Å². The summed E-state index contributed by atoms with van der Waals surface area (Å²) in [5, 5.41) is 4.39. The molecule has 0 bridgehead atoms. The van der Waals surface area contributed by atoms with Crippen LogP contribution in [0.25, 0.3) is 17.1 Å². The molecule has 0 radical (unpaired) electrons. The lowest BCUT2D eigenvalue weighted by Crippen LogP contribution is -2.35. The van der Waals surface area contributed by atoms with Crippen LogP contribution in [-0.4, -0.2) is 87.2 Å². The third-order valence-electron chi connectivity index (χ3n) is 7.17. The molecule has 2 N–H and O–H groups in total. The second-order valence-corrected chi connectivity index (χ2v) is 9.83. The number of likely N-dealkylation sites (tertiary alicyclic amines) is 1. The normalized spacial score (nSPS) is 16.4. The van der Waals surface area contributed by atoms with E-state index in [0.29, 0.717) is 17.9 Å². The van der Waals surface area contributed by atoms with Crippen LogP contribution in [0.15, 0.2) is 30.7 Å². The van der Waals surface area contributed by atoms with Crippen molar-refractivity contribution in [1.29, 1.82) is 0 Å². The number of fused-ring (bicyclic) bond motifs is 1. The molecule has 4 heterocycles. The van der Waals surface area contributed by atoms with Gasteiger partial charge in [-0.15, -0.1) is 0 Å². The number of anilines is 1. The Morgan fingerprint density at radius 3 is 2.77 bits per heavy atom. The Balaban J connectivity index is 1.37. The van der Waals surface area contributed by atoms with Crippen LogP contribution in [0.3, 0.4) is 0 Å². The standard InChI is InChI=1S/C26H34N8O/c1-18-12-19(13-20-16-31(2)9-6-22(18)20)23-15-28-24(27)25(30-23)34-17-21(14-29-34)26(35)32(3)10-11-33-7-4-5-8-33/h12-15,17H,4-11,16H2,1-3H3,(H2,27,28). The number of benzene rings is 1. The first-order valence-corrected chi connectivity index (χ1v) is 12.4. The average molecular weight is 475 g/mol. The van der Waals surface area contributed by atoms with E-state index in [1.807, 2.05) is 7.05 Å². The maximum atomic E-state index is 13.0. The number of hydrogen-bond acceptors (Lipinski definition) is 7. The van der Waals surface area contributed by atoms with E-state index in [0.717, 1.165) is 50.4 Å². The predicted octanol–water partition coefficient (Wildman–Crippen LogP) is 2.38. The first-order chi connectivity index (χ1) is 16.9. The number of amides is 1. The van der Waals surface area contributed by atoms with E-state index in [2.05, 4.69) is 46.0 Å². The molecule has 0 spiro atoms. The maximum Gasteiger partial charge on any atom is 0.256 e. The molecule has 1 fully saturated rings. The SMILES string of the molecule is Cc1cc(-c2cnc(N)c(-n3cc(C(=O)N(C)CCN4CCCC4)cn3)n2)cc2c1CCN(C)C2. The van der Waals surface area contributed by atoms with Gasteiger partial charge in [0.2, 0.25) is 0 Å². The Bertz CT molecular complexity index is 1230. The van der Waals surface area contributed by atoms with Gasteiger partial charge in [-0.2, -0.15) is 5.10 Å². The lowest BCUT2D eigenvalue weighted by Gasteiger charge is -2.27. The summed E-state index contributed by atoms with van der Waals surface area (Å²) in [5.74, 6) is 0.633. The molecule has 35 heavy (non-hydrogen) atoms. The zero-order valence-corrected chi connectivity index (χ0v) is 20.9. The van der Waals surface area contributed by atoms with E-state index in [1.54, 1.807) is 28.2 Å². The second kappa shape index (κ2) is 9.75. The Kier molecular flexibility index (Phi) is 6.53. The first-order valence-electron chi connectivity index (χ1n) is 12.4. The van der Waals surface area contributed by atoms with Gasteiger partial charge in [-0.3, -0.25) is 4.79 Å². The van der Waals surface area contributed by atoms with Crippen LogP contribution >= 0.6 is 0 Å². The van der Waals surface area contributed by atoms with Gasteiger partial charge in [0.05, 0.1) is 23.7 Å². The number of aryl methyl sites for hydroxylation is 1. The molecule has 1 aromatic carbocycles. The molecule has 184 valence electrons. The topological polar surface area (TPSA) is 96.4 Å². The van der Waals surface area contributed by atoms with Crippen molar-refractivity contribution in [2.45, 2.75) is 32.7 Å². The molecule has 0 atom stereocenters. The van der Waals surface area contributed by atoms with E-state index in [1.165, 1.54) is 29.5 Å². The van der Waals surface area contributed by atoms with E-state index in [9.17, 15) is 4.79 Å². The number of carbonyl (C=O) groups excluding carboxylic acids is 1.